The number of ketones is 1. The maximum atomic E-state index is 15.7. The number of rotatable bonds is 16. The number of halogens is 3. The van der Waals surface area contributed by atoms with E-state index in [0.29, 0.717) is 67.1 Å². The van der Waals surface area contributed by atoms with Crippen molar-refractivity contribution >= 4 is 56.1 Å². The number of H-pyrrole nitrogens is 1. The van der Waals surface area contributed by atoms with Crippen molar-refractivity contribution in [1.82, 2.24) is 29.4 Å². The van der Waals surface area contributed by atoms with Crippen LogP contribution >= 0.6 is 0 Å². The number of nitrogens with zero attached hydrogens (tertiary/aromatic N) is 5. The van der Waals surface area contributed by atoms with Crippen molar-refractivity contribution < 1.29 is 50.2 Å². The Kier molecular flexibility index (Phi) is 12.9. The van der Waals surface area contributed by atoms with Crippen LogP contribution in [-0.4, -0.2) is 134 Å². The molecule has 2 aromatic heterocycles. The second-order valence-corrected chi connectivity index (χ2v) is 18.5. The van der Waals surface area contributed by atoms with E-state index >= 15 is 8.78 Å². The molecule has 3 aromatic carbocycles. The highest BCUT2D eigenvalue weighted by molar-refractivity contribution is 7.90. The molecule has 5 aromatic rings. The Morgan fingerprint density at radius 1 is 0.896 bits per heavy atom. The van der Waals surface area contributed by atoms with E-state index < -0.39 is 75.4 Å². The first-order valence-corrected chi connectivity index (χ1v) is 23.4. The van der Waals surface area contributed by atoms with Gasteiger partial charge >= 0.3 is 10.2 Å². The predicted molar refractivity (Wildman–Crippen MR) is 242 cm³/mol. The number of benzene rings is 3. The highest BCUT2D eigenvalue weighted by atomic mass is 32.2. The second-order valence-electron chi connectivity index (χ2n) is 16.8. The molecule has 16 nitrogen and oxygen atoms in total. The van der Waals surface area contributed by atoms with Gasteiger partial charge in [0.25, 0.3) is 11.8 Å². The van der Waals surface area contributed by atoms with Gasteiger partial charge in [-0.15, -0.1) is 0 Å². The number of aromatic nitrogens is 2. The van der Waals surface area contributed by atoms with E-state index in [1.54, 1.807) is 30.5 Å². The number of piperazine rings is 1. The van der Waals surface area contributed by atoms with Crippen LogP contribution in [0.5, 0.6) is 5.75 Å². The third-order valence-corrected chi connectivity index (χ3v) is 14.0. The van der Waals surface area contributed by atoms with E-state index in [1.807, 2.05) is 29.0 Å². The molecule has 2 atom stereocenters. The number of alkyl halides is 1. The van der Waals surface area contributed by atoms with Crippen LogP contribution < -0.4 is 19.7 Å². The number of carbonyl (C=O) groups excluding carboxylic acids is 4. The zero-order chi connectivity index (χ0) is 47.0. The van der Waals surface area contributed by atoms with Gasteiger partial charge in [-0.25, -0.2) is 18.2 Å². The number of pyridine rings is 1. The summed E-state index contributed by atoms with van der Waals surface area (Å²) in [6, 6.07) is 15.1. The topological polar surface area (TPSA) is 187 Å². The number of carbonyl (C=O) groups is 4. The van der Waals surface area contributed by atoms with E-state index in [9.17, 15) is 32.0 Å². The summed E-state index contributed by atoms with van der Waals surface area (Å²) >= 11 is 0. The summed E-state index contributed by atoms with van der Waals surface area (Å²) in [5, 5.41) is 2.95. The van der Waals surface area contributed by atoms with Crippen LogP contribution in [-0.2, 0) is 19.7 Å². The average Bonchev–Trinajstić information content (AvgIpc) is 4.03. The molecule has 3 saturated heterocycles. The monoisotopic (exact) mass is 940 g/mol. The van der Waals surface area contributed by atoms with Crippen LogP contribution in [0.3, 0.4) is 0 Å². The van der Waals surface area contributed by atoms with Crippen LogP contribution in [0.25, 0.3) is 22.2 Å². The fourth-order valence-electron chi connectivity index (χ4n) is 8.79. The summed E-state index contributed by atoms with van der Waals surface area (Å²) in [4.78, 5) is 65.3. The molecule has 0 spiro atoms. The Labute approximate surface area is 383 Å². The van der Waals surface area contributed by atoms with Crippen molar-refractivity contribution in [3.63, 3.8) is 0 Å². The van der Waals surface area contributed by atoms with Crippen LogP contribution in [0.4, 0.5) is 24.5 Å². The maximum absolute atomic E-state index is 15.7. The van der Waals surface area contributed by atoms with Crippen molar-refractivity contribution in [2.75, 3.05) is 75.3 Å². The molecule has 0 radical (unpaired) electrons. The summed E-state index contributed by atoms with van der Waals surface area (Å²) in [5.74, 6) is -4.55. The van der Waals surface area contributed by atoms with Crippen molar-refractivity contribution in [3.8, 4) is 16.9 Å². The van der Waals surface area contributed by atoms with E-state index in [0.717, 1.165) is 65.3 Å². The number of amides is 3. The molecule has 0 aliphatic carbocycles. The number of piperidine rings is 1. The highest BCUT2D eigenvalue weighted by Crippen LogP contribution is 2.33. The van der Waals surface area contributed by atoms with Crippen LogP contribution in [0.15, 0.2) is 85.3 Å². The van der Waals surface area contributed by atoms with Gasteiger partial charge in [-0.05, 0) is 73.4 Å². The Balaban J connectivity index is 0.728. The van der Waals surface area contributed by atoms with Crippen molar-refractivity contribution in [3.05, 3.63) is 119 Å². The minimum Gasteiger partial charge on any atom is -0.493 e. The number of ether oxygens (including phenoxy) is 2. The quantitative estimate of drug-likeness (QED) is 0.0651. The highest BCUT2D eigenvalue weighted by Gasteiger charge is 2.44. The third-order valence-electron chi connectivity index (χ3n) is 12.5. The number of hydrogen-bond acceptors (Lipinski definition) is 11. The fourth-order valence-corrected chi connectivity index (χ4v) is 10.1. The smallest absolute Gasteiger partial charge is 0.301 e. The van der Waals surface area contributed by atoms with Gasteiger partial charge in [0.05, 0.1) is 35.6 Å². The zero-order valence-corrected chi connectivity index (χ0v) is 37.1. The number of hydrogen-bond donors (Lipinski definition) is 3. The molecule has 1 unspecified atom stereocenters. The predicted octanol–water partition coefficient (Wildman–Crippen LogP) is 5.44. The zero-order valence-electron chi connectivity index (χ0n) is 36.2. The van der Waals surface area contributed by atoms with Gasteiger partial charge in [-0.1, -0.05) is 18.7 Å². The Morgan fingerprint density at radius 3 is 2.42 bits per heavy atom. The number of imide groups is 1. The van der Waals surface area contributed by atoms with Crippen molar-refractivity contribution in [2.45, 2.75) is 37.9 Å². The lowest BCUT2D eigenvalue weighted by atomic mass is 9.99. The molecule has 350 valence electrons. The normalized spacial score (nSPS) is 19.3. The van der Waals surface area contributed by atoms with Crippen molar-refractivity contribution in [2.24, 2.45) is 0 Å². The molecule has 4 aliphatic heterocycles. The van der Waals surface area contributed by atoms with E-state index in [2.05, 4.69) is 31.7 Å². The summed E-state index contributed by atoms with van der Waals surface area (Å²) in [5.41, 5.74) is 2.19. The first-order chi connectivity index (χ1) is 32.3. The van der Waals surface area contributed by atoms with Gasteiger partial charge in [-0.3, -0.25) is 33.7 Å². The summed E-state index contributed by atoms with van der Waals surface area (Å²) < 4.78 is 84.7. The Bertz CT molecular complexity index is 2890. The van der Waals surface area contributed by atoms with E-state index in [1.165, 1.54) is 6.20 Å². The number of fused-ring (bicyclic) bond motifs is 2. The fraction of sp³-hybridized carbons (Fsp3) is 0.340. The minimum absolute atomic E-state index is 0.00254. The van der Waals surface area contributed by atoms with Gasteiger partial charge in [0.2, 0.25) is 11.7 Å². The molecule has 9 rings (SSSR count). The average molecular weight is 941 g/mol. The number of nitrogens with one attached hydrogen (secondary N) is 3. The van der Waals surface area contributed by atoms with Crippen LogP contribution in [0.1, 0.15) is 62.3 Å². The van der Waals surface area contributed by atoms with Gasteiger partial charge in [0, 0.05) is 99.1 Å². The summed E-state index contributed by atoms with van der Waals surface area (Å²) in [6.07, 6.45) is 3.01. The molecule has 3 fully saturated rings. The Hall–Kier alpha value is -6.61. The summed E-state index contributed by atoms with van der Waals surface area (Å²) in [6.45, 7) is 8.69. The second kappa shape index (κ2) is 18.9. The molecule has 6 heterocycles. The molecule has 3 amide bonds. The molecular weight excluding hydrogens is 894 g/mol. The molecule has 67 heavy (non-hydrogen) atoms. The van der Waals surface area contributed by atoms with Crippen LogP contribution in [0.2, 0.25) is 0 Å². The largest absolute Gasteiger partial charge is 0.493 e. The van der Waals surface area contributed by atoms with Gasteiger partial charge in [-0.2, -0.15) is 12.7 Å². The lowest BCUT2D eigenvalue weighted by Crippen LogP contribution is -2.51. The Morgan fingerprint density at radius 2 is 1.67 bits per heavy atom. The summed E-state index contributed by atoms with van der Waals surface area (Å²) in [7, 11) is -4.36. The molecule has 0 bridgehead atoms. The minimum atomic E-state index is -4.36. The first-order valence-electron chi connectivity index (χ1n) is 22.0. The molecule has 0 saturated carbocycles. The number of aromatic amines is 1. The SMILES string of the molecule is C=C1CCC(N2C(=O)c3ccc(OCCCOCCN4CCN(c5ccc(-c6cnc7[nH]cc(C(=O)c8c(F)ccc(NS(=O)(=O)N9CC[C@@H](F)C9)c8F)c7c6)cc5)CC4)cc3C2=O)C(=O)N1. The van der Waals surface area contributed by atoms with E-state index in [-0.39, 0.29) is 29.7 Å². The first kappa shape index (κ1) is 45.5. The van der Waals surface area contributed by atoms with Crippen LogP contribution in [0, 0.1) is 11.6 Å². The maximum Gasteiger partial charge on any atom is 0.301 e. The van der Waals surface area contributed by atoms with Gasteiger partial charge < -0.3 is 24.7 Å². The van der Waals surface area contributed by atoms with Crippen molar-refractivity contribution in [1.29, 1.82) is 0 Å². The molecule has 3 N–H and O–H groups in total. The van der Waals surface area contributed by atoms with Gasteiger partial charge in [0.1, 0.15) is 29.4 Å². The third kappa shape index (κ3) is 9.38. The lowest BCUT2D eigenvalue weighted by molar-refractivity contribution is -0.125. The van der Waals surface area contributed by atoms with Gasteiger partial charge in [0.15, 0.2) is 5.82 Å². The lowest BCUT2D eigenvalue weighted by Gasteiger charge is -2.36. The number of anilines is 2. The standard InChI is InChI=1S/C47H47F3N8O8S/c1-28-3-12-40(45(60)53-28)58-46(61)34-9-8-33(24-36(34)47(58)62)66-21-2-20-65-22-19-55-15-17-56(18-16-55)32-6-4-29(5-7-32)30-23-35-37(26-52-44(35)51-25-30)43(59)41-38(49)10-11-39(42(41)50)54-67(63,64)57-14-13-31(48)27-57/h4-11,23-26,31,40,54H,1-3,12-22,27H2,(H,51,52)(H,53,60)/t31-,40?/m1/s1. The molecular formula is C47H47F3N8O8S. The molecule has 20 heteroatoms. The van der Waals surface area contributed by atoms with E-state index in [4.69, 9.17) is 9.47 Å². The molecule has 4 aliphatic rings. The number of allylic oxidation sites excluding steroid dienone is 1.